The van der Waals surface area contributed by atoms with Gasteiger partial charge in [-0.25, -0.2) is 0 Å². The molecular weight excluding hydrogens is 343 g/mol. The molecule has 0 aliphatic heterocycles. The highest BCUT2D eigenvalue weighted by atomic mass is 28.4. The zero-order valence-electron chi connectivity index (χ0n) is 16.1. The van der Waals surface area contributed by atoms with Gasteiger partial charge in [-0.05, 0) is 61.2 Å². The molecule has 2 nitrogen and oxygen atoms in total. The Kier molecular flexibility index (Phi) is 5.76. The minimum Gasteiger partial charge on any atom is -0.415 e. The van der Waals surface area contributed by atoms with Crippen LogP contribution >= 0.6 is 0 Å². The molecule has 142 valence electrons. The molecule has 1 aliphatic rings. The molecule has 0 amide bonds. The van der Waals surface area contributed by atoms with Crippen LogP contribution in [0.2, 0.25) is 18.1 Å². The van der Waals surface area contributed by atoms with Gasteiger partial charge in [0, 0.05) is 18.7 Å². The average molecular weight is 374 g/mol. The zero-order valence-corrected chi connectivity index (χ0v) is 17.1. The smallest absolute Gasteiger partial charge is 0.415 e. The summed E-state index contributed by atoms with van der Waals surface area (Å²) in [6, 6.07) is 4.18. The Morgan fingerprint density at radius 3 is 2.44 bits per heavy atom. The second-order valence-corrected chi connectivity index (χ2v) is 13.5. The van der Waals surface area contributed by atoms with Crippen LogP contribution in [-0.2, 0) is 17.0 Å². The van der Waals surface area contributed by atoms with Crippen molar-refractivity contribution in [2.45, 2.75) is 76.9 Å². The highest BCUT2D eigenvalue weighted by Gasteiger charge is 2.38. The van der Waals surface area contributed by atoms with Crippen LogP contribution in [-0.4, -0.2) is 21.0 Å². The number of rotatable bonds is 5. The molecule has 0 fully saturated rings. The van der Waals surface area contributed by atoms with Crippen LogP contribution in [0.3, 0.4) is 0 Å². The van der Waals surface area contributed by atoms with Gasteiger partial charge in [-0.1, -0.05) is 26.8 Å². The zero-order chi connectivity index (χ0) is 19.0. The normalized spacial score (nSPS) is 19.8. The maximum atomic E-state index is 13.0. The standard InChI is InChI=1S/C19H30F3NOSi/c1-13(12-24-25(5,6)18(2,3)4)23-17-10-8-14-7-9-15(11-16(14)17)19(20,21)22/h7,9,11,13,17,23H,8,10,12H2,1-6H3. The predicted molar refractivity (Wildman–Crippen MR) is 98.3 cm³/mol. The summed E-state index contributed by atoms with van der Waals surface area (Å²) < 4.78 is 45.1. The Bertz CT molecular complexity index is 608. The minimum absolute atomic E-state index is 0.0321. The van der Waals surface area contributed by atoms with E-state index in [-0.39, 0.29) is 17.1 Å². The van der Waals surface area contributed by atoms with E-state index >= 15 is 0 Å². The monoisotopic (exact) mass is 373 g/mol. The van der Waals surface area contributed by atoms with Gasteiger partial charge < -0.3 is 9.74 Å². The van der Waals surface area contributed by atoms with E-state index in [1.165, 1.54) is 12.1 Å². The molecule has 6 heteroatoms. The number of hydrogen-bond acceptors (Lipinski definition) is 2. The fourth-order valence-electron chi connectivity index (χ4n) is 2.89. The van der Waals surface area contributed by atoms with Gasteiger partial charge in [0.05, 0.1) is 5.56 Å². The van der Waals surface area contributed by atoms with Crippen LogP contribution < -0.4 is 5.32 Å². The molecule has 0 spiro atoms. The second-order valence-electron chi connectivity index (χ2n) is 8.64. The summed E-state index contributed by atoms with van der Waals surface area (Å²) in [6.45, 7) is 13.6. The fourth-order valence-corrected chi connectivity index (χ4v) is 3.99. The van der Waals surface area contributed by atoms with Crippen LogP contribution in [0.4, 0.5) is 13.2 Å². The van der Waals surface area contributed by atoms with E-state index in [4.69, 9.17) is 4.43 Å². The third-order valence-electron chi connectivity index (χ3n) is 5.54. The molecule has 1 aromatic rings. The second kappa shape index (κ2) is 7.04. The number of benzene rings is 1. The van der Waals surface area contributed by atoms with Crippen molar-refractivity contribution in [3.8, 4) is 0 Å². The van der Waals surface area contributed by atoms with Gasteiger partial charge in [0.1, 0.15) is 0 Å². The van der Waals surface area contributed by atoms with Crippen molar-refractivity contribution < 1.29 is 17.6 Å². The molecule has 2 unspecified atom stereocenters. The van der Waals surface area contributed by atoms with Crippen molar-refractivity contribution >= 4 is 8.32 Å². The minimum atomic E-state index is -4.29. The molecular formula is C19H30F3NOSi. The average Bonchev–Trinajstić information content (AvgIpc) is 2.85. The number of fused-ring (bicyclic) bond motifs is 1. The molecule has 0 radical (unpaired) electrons. The van der Waals surface area contributed by atoms with Crippen LogP contribution in [0.1, 0.15) is 56.8 Å². The van der Waals surface area contributed by atoms with Gasteiger partial charge >= 0.3 is 6.18 Å². The van der Waals surface area contributed by atoms with Gasteiger partial charge in [-0.2, -0.15) is 13.2 Å². The summed E-state index contributed by atoms with van der Waals surface area (Å²) in [5, 5.41) is 3.61. The molecule has 0 saturated heterocycles. The lowest BCUT2D eigenvalue weighted by Gasteiger charge is -2.37. The van der Waals surface area contributed by atoms with Crippen LogP contribution in [0.5, 0.6) is 0 Å². The Hall–Kier alpha value is -0.853. The van der Waals surface area contributed by atoms with E-state index in [1.807, 2.05) is 6.92 Å². The predicted octanol–water partition coefficient (Wildman–Crippen LogP) is 5.69. The van der Waals surface area contributed by atoms with E-state index < -0.39 is 20.1 Å². The molecule has 1 N–H and O–H groups in total. The Labute approximate surface area is 150 Å². The van der Waals surface area contributed by atoms with Gasteiger partial charge in [-0.3, -0.25) is 0 Å². The summed E-state index contributed by atoms with van der Waals surface area (Å²) >= 11 is 0. The quantitative estimate of drug-likeness (QED) is 0.669. The number of halogens is 3. The molecule has 1 aliphatic carbocycles. The van der Waals surface area contributed by atoms with E-state index in [0.717, 1.165) is 24.0 Å². The number of aryl methyl sites for hydroxylation is 1. The molecule has 0 aromatic heterocycles. The van der Waals surface area contributed by atoms with E-state index in [1.54, 1.807) is 6.07 Å². The third kappa shape index (κ3) is 4.86. The first kappa shape index (κ1) is 20.5. The first-order valence-corrected chi connectivity index (χ1v) is 11.8. The van der Waals surface area contributed by atoms with Crippen molar-refractivity contribution in [2.24, 2.45) is 0 Å². The lowest BCUT2D eigenvalue weighted by atomic mass is 10.0. The number of hydrogen-bond donors (Lipinski definition) is 1. The Morgan fingerprint density at radius 2 is 1.88 bits per heavy atom. The SMILES string of the molecule is CC(CO[Si](C)(C)C(C)(C)C)NC1CCc2ccc(C(F)(F)F)cc21. The van der Waals surface area contributed by atoms with Crippen molar-refractivity contribution in [2.75, 3.05) is 6.61 Å². The summed E-state index contributed by atoms with van der Waals surface area (Å²) in [5.41, 5.74) is 1.24. The molecule has 1 aromatic carbocycles. The number of alkyl halides is 3. The summed E-state index contributed by atoms with van der Waals surface area (Å²) in [5.74, 6) is 0. The Morgan fingerprint density at radius 1 is 1.24 bits per heavy atom. The summed E-state index contributed by atoms with van der Waals surface area (Å²) in [7, 11) is -1.82. The summed E-state index contributed by atoms with van der Waals surface area (Å²) in [6.07, 6.45) is -2.64. The number of nitrogens with one attached hydrogen (secondary N) is 1. The molecule has 25 heavy (non-hydrogen) atoms. The van der Waals surface area contributed by atoms with E-state index in [2.05, 4.69) is 39.2 Å². The van der Waals surface area contributed by atoms with Gasteiger partial charge in [0.2, 0.25) is 0 Å². The molecule has 0 bridgehead atoms. The summed E-state index contributed by atoms with van der Waals surface area (Å²) in [4.78, 5) is 0. The van der Waals surface area contributed by atoms with Crippen molar-refractivity contribution in [1.82, 2.24) is 5.32 Å². The van der Waals surface area contributed by atoms with Crippen molar-refractivity contribution in [3.63, 3.8) is 0 Å². The van der Waals surface area contributed by atoms with E-state index in [9.17, 15) is 13.2 Å². The first-order valence-electron chi connectivity index (χ1n) is 8.91. The Balaban J connectivity index is 2.02. The van der Waals surface area contributed by atoms with Gasteiger partial charge in [0.25, 0.3) is 0 Å². The molecule has 2 rings (SSSR count). The van der Waals surface area contributed by atoms with Crippen LogP contribution in [0.25, 0.3) is 0 Å². The fraction of sp³-hybridized carbons (Fsp3) is 0.684. The lowest BCUT2D eigenvalue weighted by molar-refractivity contribution is -0.137. The van der Waals surface area contributed by atoms with Crippen LogP contribution in [0, 0.1) is 0 Å². The van der Waals surface area contributed by atoms with Crippen LogP contribution in [0.15, 0.2) is 18.2 Å². The third-order valence-corrected chi connectivity index (χ3v) is 10.0. The van der Waals surface area contributed by atoms with Gasteiger partial charge in [-0.15, -0.1) is 0 Å². The lowest BCUT2D eigenvalue weighted by Crippen LogP contribution is -2.44. The van der Waals surface area contributed by atoms with Gasteiger partial charge in [0.15, 0.2) is 8.32 Å². The maximum absolute atomic E-state index is 13.0. The van der Waals surface area contributed by atoms with Crippen molar-refractivity contribution in [1.29, 1.82) is 0 Å². The van der Waals surface area contributed by atoms with E-state index in [0.29, 0.717) is 6.61 Å². The molecule has 0 saturated carbocycles. The molecule has 2 atom stereocenters. The van der Waals surface area contributed by atoms with Crippen molar-refractivity contribution in [3.05, 3.63) is 34.9 Å². The highest BCUT2D eigenvalue weighted by Crippen LogP contribution is 2.38. The highest BCUT2D eigenvalue weighted by molar-refractivity contribution is 6.74. The molecule has 0 heterocycles. The topological polar surface area (TPSA) is 21.3 Å². The largest absolute Gasteiger partial charge is 0.416 e. The first-order chi connectivity index (χ1) is 11.3. The maximum Gasteiger partial charge on any atom is 0.416 e.